The first-order valence-electron chi connectivity index (χ1n) is 5.27. The Hall–Kier alpha value is -1.73. The summed E-state index contributed by atoms with van der Waals surface area (Å²) in [7, 11) is 1.46. The van der Waals surface area contributed by atoms with Gasteiger partial charge < -0.3 is 15.4 Å². The van der Waals surface area contributed by atoms with Crippen LogP contribution < -0.4 is 5.73 Å². The quantitative estimate of drug-likeness (QED) is 0.598. The highest BCUT2D eigenvalue weighted by atomic mass is 16.5. The van der Waals surface area contributed by atoms with Crippen LogP contribution in [0.3, 0.4) is 0 Å². The lowest BCUT2D eigenvalue weighted by atomic mass is 10.3. The third-order valence-corrected chi connectivity index (χ3v) is 2.86. The zero-order valence-corrected chi connectivity index (χ0v) is 9.55. The standard InChI is InChI=1S/C10H13N4O3/c1-14(10(11)16)8(2-3-12-14)9(15)13-4-6-17-7-5-13/h3H,4-7H2,1H3,(H-,11,16)/p+1. The second kappa shape index (κ2) is 4.27. The molecule has 1 saturated heterocycles. The molecular formula is C10H14N4O3+. The van der Waals surface area contributed by atoms with Gasteiger partial charge in [0, 0.05) is 13.1 Å². The number of likely N-dealkylation sites (N-methyl/N-ethyl adjacent to an activating group) is 1. The molecule has 2 heterocycles. The fourth-order valence-electron chi connectivity index (χ4n) is 1.72. The van der Waals surface area contributed by atoms with Gasteiger partial charge in [0.2, 0.25) is 5.70 Å². The van der Waals surface area contributed by atoms with Crippen molar-refractivity contribution in [1.82, 2.24) is 4.90 Å². The molecule has 17 heavy (non-hydrogen) atoms. The van der Waals surface area contributed by atoms with E-state index in [2.05, 4.69) is 11.2 Å². The summed E-state index contributed by atoms with van der Waals surface area (Å²) >= 11 is 0. The van der Waals surface area contributed by atoms with Gasteiger partial charge in [-0.15, -0.1) is 0 Å². The Bertz CT molecular complexity index is 412. The number of ether oxygens (including phenoxy) is 1. The fraction of sp³-hybridized carbons (Fsp3) is 0.500. The number of rotatable bonds is 1. The number of allylic oxidation sites excluding steroid dienone is 1. The number of quaternary nitrogens is 1. The number of carbonyl (C=O) groups excluding carboxylic acids is 2. The summed E-state index contributed by atoms with van der Waals surface area (Å²) < 4.78 is 4.59. The number of nitrogens with zero attached hydrogens (tertiary/aromatic N) is 3. The van der Waals surface area contributed by atoms with Crippen LogP contribution in [-0.4, -0.2) is 61.0 Å². The van der Waals surface area contributed by atoms with Gasteiger partial charge in [-0.1, -0.05) is 9.69 Å². The van der Waals surface area contributed by atoms with Crippen LogP contribution in [0.25, 0.3) is 0 Å². The molecule has 2 aliphatic rings. The normalized spacial score (nSPS) is 28.1. The predicted molar refractivity (Wildman–Crippen MR) is 58.4 cm³/mol. The van der Waals surface area contributed by atoms with Crippen LogP contribution in [0.5, 0.6) is 0 Å². The minimum atomic E-state index is -0.706. The maximum atomic E-state index is 12.2. The molecule has 0 saturated carbocycles. The first kappa shape index (κ1) is 11.7. The lowest BCUT2D eigenvalue weighted by Gasteiger charge is -2.29. The van der Waals surface area contributed by atoms with Gasteiger partial charge >= 0.3 is 11.9 Å². The molecule has 0 aliphatic carbocycles. The zero-order valence-electron chi connectivity index (χ0n) is 9.55. The number of carbonyl (C=O) groups is 2. The molecule has 0 spiro atoms. The number of nitrogens with two attached hydrogens (primary N) is 1. The van der Waals surface area contributed by atoms with Crippen molar-refractivity contribution in [1.29, 1.82) is 0 Å². The van der Waals surface area contributed by atoms with E-state index in [1.807, 2.05) is 0 Å². The number of morpholine rings is 1. The molecule has 0 bridgehead atoms. The van der Waals surface area contributed by atoms with E-state index < -0.39 is 10.6 Å². The van der Waals surface area contributed by atoms with Crippen LogP contribution in [0.15, 0.2) is 10.8 Å². The first-order chi connectivity index (χ1) is 8.05. The Morgan fingerprint density at radius 2 is 2.18 bits per heavy atom. The Labute approximate surface area is 98.7 Å². The lowest BCUT2D eigenvalue weighted by molar-refractivity contribution is -0.788. The van der Waals surface area contributed by atoms with Crippen LogP contribution in [0.2, 0.25) is 0 Å². The third kappa shape index (κ3) is 1.94. The van der Waals surface area contributed by atoms with Crippen LogP contribution in [0.1, 0.15) is 0 Å². The van der Waals surface area contributed by atoms with Gasteiger partial charge in [-0.25, -0.2) is 4.79 Å². The van der Waals surface area contributed by atoms with E-state index >= 15 is 0 Å². The molecule has 7 heteroatoms. The topological polar surface area (TPSA) is 85.0 Å². The molecule has 0 aromatic rings. The minimum Gasteiger partial charge on any atom is -0.378 e. The number of amides is 3. The average Bonchev–Trinajstić information content (AvgIpc) is 2.73. The largest absolute Gasteiger partial charge is 0.445 e. The van der Waals surface area contributed by atoms with Crippen molar-refractivity contribution in [2.24, 2.45) is 10.8 Å². The highest BCUT2D eigenvalue weighted by Gasteiger charge is 2.44. The second-order valence-corrected chi connectivity index (χ2v) is 3.94. The SMILES string of the molecule is C[N+]1(C(N)=O)N=C[C]=C1C(=O)N1CCOCC1. The molecular weight excluding hydrogens is 224 g/mol. The predicted octanol–water partition coefficient (Wildman–Crippen LogP) is -0.943. The third-order valence-electron chi connectivity index (χ3n) is 2.86. The summed E-state index contributed by atoms with van der Waals surface area (Å²) in [6, 6.07) is -0.706. The molecule has 2 N–H and O–H groups in total. The van der Waals surface area contributed by atoms with Crippen molar-refractivity contribution in [3.63, 3.8) is 0 Å². The van der Waals surface area contributed by atoms with Crippen LogP contribution >= 0.6 is 0 Å². The Morgan fingerprint density at radius 3 is 2.76 bits per heavy atom. The molecule has 7 nitrogen and oxygen atoms in total. The Morgan fingerprint density at radius 1 is 1.53 bits per heavy atom. The molecule has 1 unspecified atom stereocenters. The molecule has 1 radical (unpaired) electrons. The van der Waals surface area contributed by atoms with Crippen molar-refractivity contribution < 1.29 is 18.9 Å². The van der Waals surface area contributed by atoms with Crippen molar-refractivity contribution in [2.75, 3.05) is 33.4 Å². The van der Waals surface area contributed by atoms with Gasteiger partial charge in [0.15, 0.2) is 0 Å². The van der Waals surface area contributed by atoms with Gasteiger partial charge in [-0.2, -0.15) is 0 Å². The number of hydrogen-bond donors (Lipinski definition) is 1. The number of primary amides is 1. The minimum absolute atomic E-state index is 0.152. The van der Waals surface area contributed by atoms with Gasteiger partial charge in [-0.3, -0.25) is 4.79 Å². The highest BCUT2D eigenvalue weighted by molar-refractivity contribution is 5.96. The van der Waals surface area contributed by atoms with Crippen molar-refractivity contribution >= 4 is 18.2 Å². The fourth-order valence-corrected chi connectivity index (χ4v) is 1.72. The van der Waals surface area contributed by atoms with E-state index in [1.54, 1.807) is 4.90 Å². The van der Waals surface area contributed by atoms with E-state index in [9.17, 15) is 9.59 Å². The smallest absolute Gasteiger partial charge is 0.378 e. The summed E-state index contributed by atoms with van der Waals surface area (Å²) in [6.07, 6.45) is 3.99. The van der Waals surface area contributed by atoms with Gasteiger partial charge in [0.25, 0.3) is 0 Å². The van der Waals surface area contributed by atoms with E-state index in [0.717, 1.165) is 0 Å². The van der Waals surface area contributed by atoms with E-state index in [0.29, 0.717) is 26.3 Å². The second-order valence-electron chi connectivity index (χ2n) is 3.94. The van der Waals surface area contributed by atoms with E-state index in [4.69, 9.17) is 10.5 Å². The molecule has 3 amide bonds. The Kier molecular flexibility index (Phi) is 2.95. The Balaban J connectivity index is 2.17. The monoisotopic (exact) mass is 238 g/mol. The summed E-state index contributed by atoms with van der Waals surface area (Å²) in [5.74, 6) is -0.271. The molecule has 91 valence electrons. The average molecular weight is 238 g/mol. The molecule has 1 fully saturated rings. The maximum Gasteiger partial charge on any atom is 0.445 e. The molecule has 2 rings (SSSR count). The van der Waals surface area contributed by atoms with Crippen molar-refractivity contribution in [2.45, 2.75) is 0 Å². The zero-order chi connectivity index (χ0) is 12.5. The molecule has 2 aliphatic heterocycles. The van der Waals surface area contributed by atoms with Crippen LogP contribution in [-0.2, 0) is 9.53 Å². The first-order valence-corrected chi connectivity index (χ1v) is 5.27. The molecule has 0 aromatic heterocycles. The van der Waals surface area contributed by atoms with Crippen LogP contribution in [0, 0.1) is 6.08 Å². The lowest BCUT2D eigenvalue weighted by Crippen LogP contribution is -2.52. The summed E-state index contributed by atoms with van der Waals surface area (Å²) in [6.45, 7) is 2.01. The van der Waals surface area contributed by atoms with E-state index in [1.165, 1.54) is 13.3 Å². The van der Waals surface area contributed by atoms with Crippen LogP contribution in [0.4, 0.5) is 4.79 Å². The van der Waals surface area contributed by atoms with Gasteiger partial charge in [-0.05, 0) is 0 Å². The molecule has 0 aromatic carbocycles. The maximum absolute atomic E-state index is 12.2. The molecule has 1 atom stereocenters. The number of urea groups is 1. The summed E-state index contributed by atoms with van der Waals surface area (Å²) in [4.78, 5) is 25.1. The van der Waals surface area contributed by atoms with Gasteiger partial charge in [0.1, 0.15) is 7.05 Å². The van der Waals surface area contributed by atoms with Crippen molar-refractivity contribution in [3.8, 4) is 0 Å². The summed E-state index contributed by atoms with van der Waals surface area (Å²) in [5, 5.41) is 3.88. The van der Waals surface area contributed by atoms with E-state index in [-0.39, 0.29) is 11.6 Å². The number of hydrogen-bond acceptors (Lipinski definition) is 4. The van der Waals surface area contributed by atoms with Crippen molar-refractivity contribution in [3.05, 3.63) is 11.8 Å². The highest BCUT2D eigenvalue weighted by Crippen LogP contribution is 2.21. The van der Waals surface area contributed by atoms with Gasteiger partial charge in [0.05, 0.1) is 25.5 Å². The summed E-state index contributed by atoms with van der Waals surface area (Å²) in [5.41, 5.74) is 5.41.